The van der Waals surface area contributed by atoms with Crippen molar-refractivity contribution in [3.8, 4) is 11.1 Å². The van der Waals surface area contributed by atoms with Crippen LogP contribution in [0.15, 0.2) is 48.5 Å². The van der Waals surface area contributed by atoms with Crippen LogP contribution in [-0.2, 0) is 19.1 Å². The Morgan fingerprint density at radius 3 is 2.23 bits per heavy atom. The van der Waals surface area contributed by atoms with Crippen LogP contribution >= 0.6 is 0 Å². The zero-order valence-corrected chi connectivity index (χ0v) is 19.9. The Labute approximate surface area is 205 Å². The van der Waals surface area contributed by atoms with Crippen LogP contribution in [0.1, 0.15) is 56.1 Å². The second-order valence-corrected chi connectivity index (χ2v) is 9.27. The number of nitrogens with one attached hydrogen (secondary N) is 2. The van der Waals surface area contributed by atoms with Gasteiger partial charge in [0.05, 0.1) is 12.0 Å². The van der Waals surface area contributed by atoms with Crippen molar-refractivity contribution in [2.45, 2.75) is 56.5 Å². The average molecular weight is 481 g/mol. The van der Waals surface area contributed by atoms with E-state index >= 15 is 0 Å². The van der Waals surface area contributed by atoms with Crippen molar-refractivity contribution in [2.75, 3.05) is 19.8 Å². The van der Waals surface area contributed by atoms with Crippen LogP contribution in [0.5, 0.6) is 0 Å². The molecule has 1 atom stereocenters. The molecule has 1 fully saturated rings. The first-order chi connectivity index (χ1) is 16.9. The van der Waals surface area contributed by atoms with Crippen molar-refractivity contribution in [2.24, 2.45) is 0 Å². The molecule has 8 heteroatoms. The predicted octanol–water partition coefficient (Wildman–Crippen LogP) is 3.83. The Morgan fingerprint density at radius 2 is 1.66 bits per heavy atom. The summed E-state index contributed by atoms with van der Waals surface area (Å²) < 4.78 is 11.1. The molecule has 1 aliphatic heterocycles. The minimum Gasteiger partial charge on any atom is -0.480 e. The Kier molecular flexibility index (Phi) is 7.70. The summed E-state index contributed by atoms with van der Waals surface area (Å²) in [4.78, 5) is 37.1. The van der Waals surface area contributed by atoms with Gasteiger partial charge in [-0.25, -0.2) is 9.59 Å². The van der Waals surface area contributed by atoms with Gasteiger partial charge in [0.15, 0.2) is 0 Å². The van der Waals surface area contributed by atoms with Crippen LogP contribution in [0.4, 0.5) is 4.79 Å². The number of alkyl carbamates (subject to hydrolysis) is 1. The molecule has 2 aliphatic rings. The van der Waals surface area contributed by atoms with Crippen molar-refractivity contribution < 1.29 is 29.0 Å². The number of rotatable bonds is 9. The maximum absolute atomic E-state index is 12.9. The molecule has 1 saturated heterocycles. The number of carbonyl (C=O) groups is 3. The SMILES string of the molecule is CCCC(NC(=O)CC1(NC(=O)OCC2c3ccccc3-c3ccccc32)CCOCC1)C(=O)O. The molecule has 186 valence electrons. The summed E-state index contributed by atoms with van der Waals surface area (Å²) in [5, 5.41) is 14.9. The molecular formula is C27H32N2O6. The molecule has 1 heterocycles. The lowest BCUT2D eigenvalue weighted by atomic mass is 9.86. The molecule has 1 unspecified atom stereocenters. The average Bonchev–Trinajstić information content (AvgIpc) is 3.16. The van der Waals surface area contributed by atoms with Gasteiger partial charge in [-0.3, -0.25) is 4.79 Å². The van der Waals surface area contributed by atoms with Gasteiger partial charge in [-0.15, -0.1) is 0 Å². The molecule has 2 aromatic rings. The lowest BCUT2D eigenvalue weighted by Crippen LogP contribution is -2.55. The van der Waals surface area contributed by atoms with Crippen molar-refractivity contribution in [1.29, 1.82) is 0 Å². The number of carboxylic acid groups (broad SMARTS) is 1. The number of aliphatic carboxylic acids is 1. The summed E-state index contributed by atoms with van der Waals surface area (Å²) in [5.74, 6) is -1.54. The smallest absolute Gasteiger partial charge is 0.407 e. The van der Waals surface area contributed by atoms with Crippen LogP contribution in [0.25, 0.3) is 11.1 Å². The Balaban J connectivity index is 1.41. The van der Waals surface area contributed by atoms with Gasteiger partial charge in [0.1, 0.15) is 12.6 Å². The first-order valence-electron chi connectivity index (χ1n) is 12.2. The van der Waals surface area contributed by atoms with Gasteiger partial charge in [0.25, 0.3) is 0 Å². The van der Waals surface area contributed by atoms with Gasteiger partial charge >= 0.3 is 12.1 Å². The molecule has 8 nitrogen and oxygen atoms in total. The number of hydrogen-bond acceptors (Lipinski definition) is 5. The lowest BCUT2D eigenvalue weighted by Gasteiger charge is -2.37. The van der Waals surface area contributed by atoms with E-state index in [0.717, 1.165) is 22.3 Å². The van der Waals surface area contributed by atoms with E-state index in [0.29, 0.717) is 38.9 Å². The Morgan fingerprint density at radius 1 is 1.06 bits per heavy atom. The van der Waals surface area contributed by atoms with Crippen LogP contribution in [0.2, 0.25) is 0 Å². The van der Waals surface area contributed by atoms with Gasteiger partial charge in [-0.1, -0.05) is 61.9 Å². The summed E-state index contributed by atoms with van der Waals surface area (Å²) in [7, 11) is 0. The van der Waals surface area contributed by atoms with E-state index in [9.17, 15) is 19.5 Å². The number of carboxylic acids is 1. The van der Waals surface area contributed by atoms with Gasteiger partial charge in [0.2, 0.25) is 5.91 Å². The molecule has 0 radical (unpaired) electrons. The molecule has 0 saturated carbocycles. The highest BCUT2D eigenvalue weighted by Gasteiger charge is 2.38. The predicted molar refractivity (Wildman–Crippen MR) is 130 cm³/mol. The minimum absolute atomic E-state index is 0.0337. The molecule has 4 rings (SSSR count). The van der Waals surface area contributed by atoms with Crippen molar-refractivity contribution in [1.82, 2.24) is 10.6 Å². The number of carbonyl (C=O) groups excluding carboxylic acids is 2. The molecule has 2 amide bonds. The largest absolute Gasteiger partial charge is 0.480 e. The maximum atomic E-state index is 12.9. The lowest BCUT2D eigenvalue weighted by molar-refractivity contribution is -0.142. The van der Waals surface area contributed by atoms with Gasteiger partial charge in [-0.2, -0.15) is 0 Å². The molecular weight excluding hydrogens is 448 g/mol. The fourth-order valence-corrected chi connectivity index (χ4v) is 5.06. The summed E-state index contributed by atoms with van der Waals surface area (Å²) in [5.41, 5.74) is 3.69. The van der Waals surface area contributed by atoms with E-state index < -0.39 is 29.6 Å². The van der Waals surface area contributed by atoms with Crippen molar-refractivity contribution in [3.63, 3.8) is 0 Å². The zero-order chi connectivity index (χ0) is 24.8. The molecule has 0 bridgehead atoms. The number of amides is 2. The molecule has 2 aromatic carbocycles. The highest BCUT2D eigenvalue weighted by atomic mass is 16.5. The number of hydrogen-bond donors (Lipinski definition) is 3. The number of fused-ring (bicyclic) bond motifs is 3. The molecule has 0 aromatic heterocycles. The Bertz CT molecular complexity index is 1030. The summed E-state index contributed by atoms with van der Waals surface area (Å²) in [6.07, 6.45) is 1.23. The van der Waals surface area contributed by atoms with Crippen molar-refractivity contribution in [3.05, 3.63) is 59.7 Å². The quantitative estimate of drug-likeness (QED) is 0.503. The second-order valence-electron chi connectivity index (χ2n) is 9.27. The van der Waals surface area contributed by atoms with Gasteiger partial charge < -0.3 is 25.2 Å². The van der Waals surface area contributed by atoms with E-state index in [1.165, 1.54) is 0 Å². The Hall–Kier alpha value is -3.39. The first kappa shape index (κ1) is 24.7. The van der Waals surface area contributed by atoms with E-state index in [1.54, 1.807) is 0 Å². The zero-order valence-electron chi connectivity index (χ0n) is 19.9. The van der Waals surface area contributed by atoms with Crippen molar-refractivity contribution >= 4 is 18.0 Å². The van der Waals surface area contributed by atoms with Crippen LogP contribution in [0, 0.1) is 0 Å². The second kappa shape index (κ2) is 10.9. The monoisotopic (exact) mass is 480 g/mol. The third-order valence-corrected chi connectivity index (χ3v) is 6.87. The fourth-order valence-electron chi connectivity index (χ4n) is 5.06. The van der Waals surface area contributed by atoms with Gasteiger partial charge in [0, 0.05) is 19.1 Å². The standard InChI is InChI=1S/C27H32N2O6/c1-2-7-23(25(31)32)28-24(30)16-27(12-14-34-15-13-27)29-26(33)35-17-22-20-10-5-3-8-18(20)19-9-4-6-11-21(19)22/h3-6,8-11,22-23H,2,7,12-17H2,1H3,(H,28,30)(H,29,33)(H,31,32). The molecule has 35 heavy (non-hydrogen) atoms. The highest BCUT2D eigenvalue weighted by Crippen LogP contribution is 2.44. The first-order valence-corrected chi connectivity index (χ1v) is 12.2. The fraction of sp³-hybridized carbons (Fsp3) is 0.444. The third kappa shape index (κ3) is 5.65. The number of benzene rings is 2. The minimum atomic E-state index is -1.06. The topological polar surface area (TPSA) is 114 Å². The van der Waals surface area contributed by atoms with Crippen LogP contribution in [-0.4, -0.2) is 54.5 Å². The third-order valence-electron chi connectivity index (χ3n) is 6.87. The van der Waals surface area contributed by atoms with E-state index in [1.807, 2.05) is 31.2 Å². The summed E-state index contributed by atoms with van der Waals surface area (Å²) in [6, 6.07) is 15.3. The van der Waals surface area contributed by atoms with E-state index in [2.05, 4.69) is 34.9 Å². The summed E-state index contributed by atoms with van der Waals surface area (Å²) >= 11 is 0. The number of ether oxygens (including phenoxy) is 2. The molecule has 3 N–H and O–H groups in total. The molecule has 0 spiro atoms. The van der Waals surface area contributed by atoms with Crippen LogP contribution in [0.3, 0.4) is 0 Å². The van der Waals surface area contributed by atoms with E-state index in [4.69, 9.17) is 9.47 Å². The highest BCUT2D eigenvalue weighted by molar-refractivity contribution is 5.84. The normalized spacial score (nSPS) is 17.1. The summed E-state index contributed by atoms with van der Waals surface area (Å²) in [6.45, 7) is 2.83. The maximum Gasteiger partial charge on any atom is 0.407 e. The van der Waals surface area contributed by atoms with Crippen LogP contribution < -0.4 is 10.6 Å². The molecule has 1 aliphatic carbocycles. The van der Waals surface area contributed by atoms with E-state index in [-0.39, 0.29) is 18.9 Å². The van der Waals surface area contributed by atoms with Gasteiger partial charge in [-0.05, 0) is 41.5 Å².